The van der Waals surface area contributed by atoms with Crippen LogP contribution < -0.4 is 0 Å². The van der Waals surface area contributed by atoms with Gasteiger partial charge in [-0.1, -0.05) is 30.3 Å². The summed E-state index contributed by atoms with van der Waals surface area (Å²) in [5, 5.41) is 0. The van der Waals surface area contributed by atoms with E-state index in [9.17, 15) is 17.6 Å². The molecule has 2 aromatic carbocycles. The zero-order valence-corrected chi connectivity index (χ0v) is 9.13. The monoisotopic (exact) mass is 252 g/mol. The van der Waals surface area contributed by atoms with Crippen LogP contribution in [0.4, 0.5) is 17.6 Å². The molecule has 0 atom stereocenters. The summed E-state index contributed by atoms with van der Waals surface area (Å²) in [6.07, 6.45) is 1.05. The van der Waals surface area contributed by atoms with Crippen LogP contribution in [-0.4, -0.2) is 0 Å². The van der Waals surface area contributed by atoms with Gasteiger partial charge in [0, 0.05) is 5.56 Å². The average molecular weight is 252 g/mol. The van der Waals surface area contributed by atoms with E-state index in [0.29, 0.717) is 11.6 Å². The molecule has 4 heteroatoms. The lowest BCUT2D eigenvalue weighted by molar-refractivity contribution is 0.444. The van der Waals surface area contributed by atoms with Crippen molar-refractivity contribution in [2.45, 2.75) is 0 Å². The maximum atomic E-state index is 13.7. The normalized spacial score (nSPS) is 11.7. The highest BCUT2D eigenvalue weighted by molar-refractivity contribution is 5.76. The minimum atomic E-state index is -1.68. The minimum absolute atomic E-state index is 0.499. The number of hydrogen-bond donors (Lipinski definition) is 0. The van der Waals surface area contributed by atoms with E-state index in [2.05, 4.69) is 0 Å². The Morgan fingerprint density at radius 2 is 1.50 bits per heavy atom. The van der Waals surface area contributed by atoms with Crippen LogP contribution >= 0.6 is 0 Å². The van der Waals surface area contributed by atoms with E-state index in [1.54, 1.807) is 30.3 Å². The summed E-state index contributed by atoms with van der Waals surface area (Å²) in [5.74, 6) is -5.51. The van der Waals surface area contributed by atoms with Crippen LogP contribution in [0.3, 0.4) is 0 Å². The molecule has 2 rings (SSSR count). The van der Waals surface area contributed by atoms with Gasteiger partial charge in [-0.05, 0) is 23.8 Å². The van der Waals surface area contributed by atoms with Crippen molar-refractivity contribution >= 4 is 11.9 Å². The largest absolute Gasteiger partial charge is 0.206 e. The lowest BCUT2D eigenvalue weighted by Crippen LogP contribution is -1.95. The van der Waals surface area contributed by atoms with Crippen LogP contribution in [0, 0.1) is 17.5 Å². The van der Waals surface area contributed by atoms with E-state index in [1.807, 2.05) is 0 Å². The molecule has 0 aromatic heterocycles. The third kappa shape index (κ3) is 2.42. The predicted molar refractivity (Wildman–Crippen MR) is 61.7 cm³/mol. The highest BCUT2D eigenvalue weighted by Crippen LogP contribution is 2.25. The second kappa shape index (κ2) is 5.04. The summed E-state index contributed by atoms with van der Waals surface area (Å²) in [5.41, 5.74) is -0.100. The van der Waals surface area contributed by atoms with Gasteiger partial charge in [-0.2, -0.15) is 0 Å². The molecule has 0 radical (unpaired) electrons. The van der Waals surface area contributed by atoms with Gasteiger partial charge in [-0.3, -0.25) is 0 Å². The maximum Gasteiger partial charge on any atom is 0.195 e. The zero-order chi connectivity index (χ0) is 13.1. The van der Waals surface area contributed by atoms with Crippen molar-refractivity contribution in [3.63, 3.8) is 0 Å². The molecule has 2 aromatic rings. The van der Waals surface area contributed by atoms with Crippen molar-refractivity contribution in [1.29, 1.82) is 0 Å². The number of hydrogen-bond acceptors (Lipinski definition) is 0. The molecule has 0 heterocycles. The second-order valence-corrected chi connectivity index (χ2v) is 3.63. The van der Waals surface area contributed by atoms with Crippen molar-refractivity contribution in [3.8, 4) is 0 Å². The molecule has 0 unspecified atom stereocenters. The first-order chi connectivity index (χ1) is 8.59. The molecule has 0 bridgehead atoms. The fourth-order valence-corrected chi connectivity index (χ4v) is 1.48. The Labute approximate surface area is 101 Å². The summed E-state index contributed by atoms with van der Waals surface area (Å²) in [7, 11) is 0. The molecule has 0 N–H and O–H groups in total. The van der Waals surface area contributed by atoms with Gasteiger partial charge in [0.05, 0.1) is 0 Å². The Kier molecular flexibility index (Phi) is 3.46. The van der Waals surface area contributed by atoms with Gasteiger partial charge in [0.15, 0.2) is 17.5 Å². The average Bonchev–Trinajstić information content (AvgIpc) is 2.37. The van der Waals surface area contributed by atoms with E-state index in [1.165, 1.54) is 0 Å². The Morgan fingerprint density at radius 3 is 2.17 bits per heavy atom. The van der Waals surface area contributed by atoms with Gasteiger partial charge < -0.3 is 0 Å². The molecule has 0 saturated carbocycles. The smallest absolute Gasteiger partial charge is 0.195 e. The molecular weight excluding hydrogens is 244 g/mol. The maximum absolute atomic E-state index is 13.7. The Bertz CT molecular complexity index is 588. The van der Waals surface area contributed by atoms with Crippen LogP contribution in [0.2, 0.25) is 0 Å². The Morgan fingerprint density at radius 1 is 0.833 bits per heavy atom. The van der Waals surface area contributed by atoms with Crippen molar-refractivity contribution in [2.24, 2.45) is 0 Å². The van der Waals surface area contributed by atoms with E-state index < -0.39 is 28.8 Å². The molecule has 0 saturated heterocycles. The van der Waals surface area contributed by atoms with Crippen molar-refractivity contribution in [1.82, 2.24) is 0 Å². The molecule has 0 fully saturated rings. The summed E-state index contributed by atoms with van der Waals surface area (Å²) in [6.45, 7) is 0. The van der Waals surface area contributed by atoms with Crippen LogP contribution in [0.5, 0.6) is 0 Å². The van der Waals surface area contributed by atoms with E-state index in [-0.39, 0.29) is 0 Å². The molecule has 92 valence electrons. The summed E-state index contributed by atoms with van der Waals surface area (Å²) >= 11 is 0. The summed E-state index contributed by atoms with van der Waals surface area (Å²) < 4.78 is 52.7. The quantitative estimate of drug-likeness (QED) is 0.417. The Balaban J connectivity index is 2.44. The fourth-order valence-electron chi connectivity index (χ4n) is 1.48. The van der Waals surface area contributed by atoms with Crippen molar-refractivity contribution in [3.05, 3.63) is 71.0 Å². The number of benzene rings is 2. The predicted octanol–water partition coefficient (Wildman–Crippen LogP) is 4.57. The van der Waals surface area contributed by atoms with Gasteiger partial charge in [0.1, 0.15) is 5.83 Å². The van der Waals surface area contributed by atoms with Crippen LogP contribution in [0.25, 0.3) is 11.9 Å². The first-order valence-electron chi connectivity index (χ1n) is 5.15. The Hall–Kier alpha value is -2.10. The molecule has 18 heavy (non-hydrogen) atoms. The van der Waals surface area contributed by atoms with Crippen LogP contribution in [-0.2, 0) is 0 Å². The molecule has 0 nitrogen and oxygen atoms in total. The summed E-state index contributed by atoms with van der Waals surface area (Å²) in [4.78, 5) is 0. The highest BCUT2D eigenvalue weighted by atomic mass is 19.2. The molecule has 0 aliphatic heterocycles. The first kappa shape index (κ1) is 12.4. The zero-order valence-electron chi connectivity index (χ0n) is 9.13. The third-order valence-corrected chi connectivity index (χ3v) is 2.39. The van der Waals surface area contributed by atoms with E-state index in [4.69, 9.17) is 0 Å². The molecule has 0 amide bonds. The van der Waals surface area contributed by atoms with Gasteiger partial charge in [-0.25, -0.2) is 17.6 Å². The van der Waals surface area contributed by atoms with Crippen molar-refractivity contribution < 1.29 is 17.6 Å². The number of halogens is 4. The van der Waals surface area contributed by atoms with Gasteiger partial charge in [0.2, 0.25) is 0 Å². The molecule has 0 spiro atoms. The van der Waals surface area contributed by atoms with E-state index in [0.717, 1.165) is 12.1 Å². The van der Waals surface area contributed by atoms with Gasteiger partial charge in [-0.15, -0.1) is 0 Å². The van der Waals surface area contributed by atoms with Crippen LogP contribution in [0.1, 0.15) is 11.1 Å². The number of rotatable bonds is 2. The van der Waals surface area contributed by atoms with Gasteiger partial charge in [0.25, 0.3) is 0 Å². The van der Waals surface area contributed by atoms with Crippen LogP contribution in [0.15, 0.2) is 42.5 Å². The molecule has 0 aliphatic carbocycles. The lowest BCUT2D eigenvalue weighted by Gasteiger charge is -2.02. The summed E-state index contributed by atoms with van der Waals surface area (Å²) in [6, 6.07) is 9.87. The topological polar surface area (TPSA) is 0 Å². The first-order valence-corrected chi connectivity index (χ1v) is 5.15. The standard InChI is InChI=1S/C14H8F4/c15-11-7-6-10(13(17)14(11)18)12(16)8-9-4-2-1-3-5-9/h1-8H. The lowest BCUT2D eigenvalue weighted by atomic mass is 10.1. The van der Waals surface area contributed by atoms with Crippen molar-refractivity contribution in [2.75, 3.05) is 0 Å². The highest BCUT2D eigenvalue weighted by Gasteiger charge is 2.16. The minimum Gasteiger partial charge on any atom is -0.206 e. The third-order valence-electron chi connectivity index (χ3n) is 2.39. The SMILES string of the molecule is FC(=Cc1ccccc1)c1ccc(F)c(F)c1F. The van der Waals surface area contributed by atoms with E-state index >= 15 is 0 Å². The molecular formula is C14H8F4. The van der Waals surface area contributed by atoms with Gasteiger partial charge >= 0.3 is 0 Å². The fraction of sp³-hybridized carbons (Fsp3) is 0. The second-order valence-electron chi connectivity index (χ2n) is 3.63. The molecule has 0 aliphatic rings.